The second-order valence-electron chi connectivity index (χ2n) is 5.83. The van der Waals surface area contributed by atoms with Gasteiger partial charge in [0.05, 0.1) is 0 Å². The topological polar surface area (TPSA) is 15.7 Å². The Labute approximate surface area is 133 Å². The van der Waals surface area contributed by atoms with Gasteiger partial charge in [-0.2, -0.15) is 0 Å². The number of nitrogens with zero attached hydrogens (tertiary/aromatic N) is 2. The van der Waals surface area contributed by atoms with Crippen LogP contribution >= 0.6 is 0 Å². The van der Waals surface area contributed by atoms with Gasteiger partial charge >= 0.3 is 0 Å². The van der Waals surface area contributed by atoms with Crippen molar-refractivity contribution in [1.29, 1.82) is 0 Å². The predicted octanol–water partition coefficient (Wildman–Crippen LogP) is 3.20. The van der Waals surface area contributed by atoms with E-state index in [4.69, 9.17) is 4.74 Å². The molecule has 0 amide bonds. The van der Waals surface area contributed by atoms with E-state index in [0.717, 1.165) is 45.1 Å². The molecule has 0 bridgehead atoms. The van der Waals surface area contributed by atoms with Crippen molar-refractivity contribution in [2.75, 3.05) is 44.2 Å². The van der Waals surface area contributed by atoms with Gasteiger partial charge in [0.1, 0.15) is 12.4 Å². The van der Waals surface area contributed by atoms with E-state index in [2.05, 4.69) is 41.0 Å². The lowest BCUT2D eigenvalue weighted by molar-refractivity contribution is 0.200. The number of benzene rings is 2. The molecule has 1 saturated heterocycles. The molecule has 0 radical (unpaired) electrons. The number of para-hydroxylation sites is 1. The number of piperazine rings is 1. The Kier molecular flexibility index (Phi) is 4.96. The zero-order valence-electron chi connectivity index (χ0n) is 13.2. The minimum absolute atomic E-state index is 0.758. The van der Waals surface area contributed by atoms with Crippen LogP contribution in [0.4, 0.5) is 5.69 Å². The van der Waals surface area contributed by atoms with Crippen LogP contribution in [-0.2, 0) is 0 Å². The molecule has 0 N–H and O–H groups in total. The molecule has 2 aromatic carbocycles. The fourth-order valence-corrected chi connectivity index (χ4v) is 2.86. The van der Waals surface area contributed by atoms with Gasteiger partial charge < -0.3 is 9.64 Å². The van der Waals surface area contributed by atoms with E-state index in [1.165, 1.54) is 11.3 Å². The molecule has 2 aromatic rings. The Bertz CT molecular complexity index is 577. The summed E-state index contributed by atoms with van der Waals surface area (Å²) in [5.41, 5.74) is 2.68. The molecule has 1 aliphatic rings. The van der Waals surface area contributed by atoms with Gasteiger partial charge in [0, 0.05) is 38.4 Å². The summed E-state index contributed by atoms with van der Waals surface area (Å²) in [4.78, 5) is 4.96. The van der Waals surface area contributed by atoms with Gasteiger partial charge in [0.25, 0.3) is 0 Å². The monoisotopic (exact) mass is 296 g/mol. The second-order valence-corrected chi connectivity index (χ2v) is 5.83. The number of anilines is 1. The van der Waals surface area contributed by atoms with Crippen LogP contribution in [0.1, 0.15) is 5.56 Å². The molecule has 0 unspecified atom stereocenters. The molecule has 3 nitrogen and oxygen atoms in total. The summed E-state index contributed by atoms with van der Waals surface area (Å²) in [7, 11) is 0. The SMILES string of the molecule is Cc1cccc(N2CCN(CCOc3ccccc3)CC2)c1. The van der Waals surface area contributed by atoms with E-state index in [0.29, 0.717) is 0 Å². The molecule has 0 aromatic heterocycles. The standard InChI is InChI=1S/C19H24N2O/c1-17-6-5-7-18(16-17)21-12-10-20(11-13-21)14-15-22-19-8-3-2-4-9-19/h2-9,16H,10-15H2,1H3. The summed E-state index contributed by atoms with van der Waals surface area (Å²) >= 11 is 0. The number of hydrogen-bond donors (Lipinski definition) is 0. The highest BCUT2D eigenvalue weighted by atomic mass is 16.5. The highest BCUT2D eigenvalue weighted by Crippen LogP contribution is 2.17. The van der Waals surface area contributed by atoms with E-state index in [9.17, 15) is 0 Å². The quantitative estimate of drug-likeness (QED) is 0.843. The van der Waals surface area contributed by atoms with Crippen molar-refractivity contribution >= 4 is 5.69 Å². The van der Waals surface area contributed by atoms with Gasteiger partial charge in [-0.3, -0.25) is 4.90 Å². The number of aryl methyl sites for hydroxylation is 1. The Morgan fingerprint density at radius 2 is 1.68 bits per heavy atom. The van der Waals surface area contributed by atoms with Crippen LogP contribution in [0.25, 0.3) is 0 Å². The van der Waals surface area contributed by atoms with Crippen molar-refractivity contribution in [2.24, 2.45) is 0 Å². The molecule has 22 heavy (non-hydrogen) atoms. The lowest BCUT2D eigenvalue weighted by atomic mass is 10.2. The van der Waals surface area contributed by atoms with Crippen molar-refractivity contribution in [3.05, 3.63) is 60.2 Å². The first kappa shape index (κ1) is 14.9. The third-order valence-corrected chi connectivity index (χ3v) is 4.16. The van der Waals surface area contributed by atoms with E-state index in [1.54, 1.807) is 0 Å². The average Bonchev–Trinajstić information content (AvgIpc) is 2.56. The van der Waals surface area contributed by atoms with Gasteiger partial charge in [-0.15, -0.1) is 0 Å². The van der Waals surface area contributed by atoms with Crippen LogP contribution in [0, 0.1) is 6.92 Å². The Morgan fingerprint density at radius 3 is 2.41 bits per heavy atom. The lowest BCUT2D eigenvalue weighted by Crippen LogP contribution is -2.47. The molecule has 3 rings (SSSR count). The number of ether oxygens (including phenoxy) is 1. The highest BCUT2D eigenvalue weighted by molar-refractivity contribution is 5.48. The zero-order valence-corrected chi connectivity index (χ0v) is 13.2. The van der Waals surface area contributed by atoms with E-state index < -0.39 is 0 Å². The van der Waals surface area contributed by atoms with Crippen LogP contribution in [0.3, 0.4) is 0 Å². The molecule has 1 heterocycles. The predicted molar refractivity (Wildman–Crippen MR) is 91.8 cm³/mol. The summed E-state index contributed by atoms with van der Waals surface area (Å²) in [5, 5.41) is 0. The molecule has 1 aliphatic heterocycles. The van der Waals surface area contributed by atoms with Gasteiger partial charge in [-0.05, 0) is 36.8 Å². The third kappa shape index (κ3) is 4.01. The maximum Gasteiger partial charge on any atom is 0.119 e. The average molecular weight is 296 g/mol. The summed E-state index contributed by atoms with van der Waals surface area (Å²) in [6, 6.07) is 18.8. The Morgan fingerprint density at radius 1 is 0.909 bits per heavy atom. The lowest BCUT2D eigenvalue weighted by Gasteiger charge is -2.36. The summed E-state index contributed by atoms with van der Waals surface area (Å²) in [6.07, 6.45) is 0. The summed E-state index contributed by atoms with van der Waals surface area (Å²) < 4.78 is 5.78. The van der Waals surface area contributed by atoms with E-state index in [-0.39, 0.29) is 0 Å². The first-order valence-corrected chi connectivity index (χ1v) is 8.03. The zero-order chi connectivity index (χ0) is 15.2. The maximum absolute atomic E-state index is 5.78. The molecular formula is C19H24N2O. The van der Waals surface area contributed by atoms with Crippen molar-refractivity contribution in [1.82, 2.24) is 4.90 Å². The third-order valence-electron chi connectivity index (χ3n) is 4.16. The normalized spacial score (nSPS) is 15.8. The molecular weight excluding hydrogens is 272 g/mol. The molecule has 0 atom stereocenters. The molecule has 0 aliphatic carbocycles. The van der Waals surface area contributed by atoms with Crippen LogP contribution in [0.15, 0.2) is 54.6 Å². The minimum Gasteiger partial charge on any atom is -0.492 e. The van der Waals surface area contributed by atoms with Crippen molar-refractivity contribution in [3.8, 4) is 5.75 Å². The molecule has 1 fully saturated rings. The van der Waals surface area contributed by atoms with Crippen LogP contribution in [0.2, 0.25) is 0 Å². The first-order chi connectivity index (χ1) is 10.8. The molecule has 3 heteroatoms. The van der Waals surface area contributed by atoms with Crippen molar-refractivity contribution in [2.45, 2.75) is 6.92 Å². The minimum atomic E-state index is 0.758. The van der Waals surface area contributed by atoms with E-state index >= 15 is 0 Å². The largest absolute Gasteiger partial charge is 0.492 e. The van der Waals surface area contributed by atoms with Crippen molar-refractivity contribution in [3.63, 3.8) is 0 Å². The second kappa shape index (κ2) is 7.32. The fraction of sp³-hybridized carbons (Fsp3) is 0.368. The van der Waals surface area contributed by atoms with Crippen molar-refractivity contribution < 1.29 is 4.74 Å². The van der Waals surface area contributed by atoms with Crippen LogP contribution in [-0.4, -0.2) is 44.2 Å². The van der Waals surface area contributed by atoms with Gasteiger partial charge in [0.2, 0.25) is 0 Å². The van der Waals surface area contributed by atoms with E-state index in [1.807, 2.05) is 30.3 Å². The van der Waals surface area contributed by atoms with Gasteiger partial charge in [-0.1, -0.05) is 30.3 Å². The summed E-state index contributed by atoms with van der Waals surface area (Å²) in [6.45, 7) is 8.30. The Hall–Kier alpha value is -2.00. The van der Waals surface area contributed by atoms with Gasteiger partial charge in [-0.25, -0.2) is 0 Å². The van der Waals surface area contributed by atoms with Crippen LogP contribution < -0.4 is 9.64 Å². The molecule has 0 spiro atoms. The highest BCUT2D eigenvalue weighted by Gasteiger charge is 2.16. The molecule has 0 saturated carbocycles. The number of rotatable bonds is 5. The number of hydrogen-bond acceptors (Lipinski definition) is 3. The summed E-state index contributed by atoms with van der Waals surface area (Å²) in [5.74, 6) is 0.959. The molecule has 116 valence electrons. The first-order valence-electron chi connectivity index (χ1n) is 8.03. The van der Waals surface area contributed by atoms with Crippen LogP contribution in [0.5, 0.6) is 5.75 Å². The van der Waals surface area contributed by atoms with Gasteiger partial charge in [0.15, 0.2) is 0 Å². The maximum atomic E-state index is 5.78. The Balaban J connectivity index is 1.42. The fourth-order valence-electron chi connectivity index (χ4n) is 2.86. The smallest absolute Gasteiger partial charge is 0.119 e.